The molecule has 0 aliphatic carbocycles. The number of ether oxygens (including phenoxy) is 2. The Kier molecular flexibility index (Phi) is 2.99. The number of fused-ring (bicyclic) bond motifs is 4. The molecular formula is C13H16N4O2S2. The van der Waals surface area contributed by atoms with Gasteiger partial charge in [-0.2, -0.15) is 0 Å². The highest BCUT2D eigenvalue weighted by Gasteiger charge is 2.44. The smallest absolute Gasteiger partial charge is 0.168 e. The predicted octanol–water partition coefficient (Wildman–Crippen LogP) is 0.473. The molecule has 0 amide bonds. The topological polar surface area (TPSA) is 58.5 Å². The second kappa shape index (κ2) is 4.91. The standard InChI is InChI=1S/C13H16N4O2S2/c1-8-9(2-18-1)15-12(14-8)20-5-7-6-21-13-16-10-3-19-4-11(10)17(7)13/h6,8-11H,1-5H2,(H,14,15)/t8-,9-,10-,11+/m0/s1. The predicted molar refractivity (Wildman–Crippen MR) is 84.8 cm³/mol. The molecule has 112 valence electrons. The van der Waals surface area contributed by atoms with Crippen LogP contribution in [0.25, 0.3) is 0 Å². The summed E-state index contributed by atoms with van der Waals surface area (Å²) in [4.78, 5) is 11.8. The van der Waals surface area contributed by atoms with Crippen molar-refractivity contribution in [2.45, 2.75) is 24.2 Å². The molecule has 8 heteroatoms. The third-order valence-electron chi connectivity index (χ3n) is 4.44. The van der Waals surface area contributed by atoms with Crippen molar-refractivity contribution < 1.29 is 9.47 Å². The lowest BCUT2D eigenvalue weighted by atomic mass is 10.2. The Morgan fingerprint density at radius 2 is 2.14 bits per heavy atom. The SMILES string of the molecule is C1=C(CSC2=N[C@H]3COC[C@@H]3N2)N2C(=N[C@H]3COC[C@H]32)S1. The molecule has 2 fully saturated rings. The summed E-state index contributed by atoms with van der Waals surface area (Å²) in [6, 6.07) is 1.44. The monoisotopic (exact) mass is 324 g/mol. The number of hydrogen-bond donors (Lipinski definition) is 1. The molecule has 0 radical (unpaired) electrons. The van der Waals surface area contributed by atoms with Gasteiger partial charge in [-0.1, -0.05) is 23.5 Å². The average Bonchev–Trinajstić information content (AvgIpc) is 3.20. The fourth-order valence-corrected chi connectivity index (χ4v) is 5.39. The molecule has 1 N–H and O–H groups in total. The van der Waals surface area contributed by atoms with Crippen LogP contribution in [0, 0.1) is 0 Å². The second-order valence-electron chi connectivity index (χ2n) is 5.76. The van der Waals surface area contributed by atoms with E-state index in [0.29, 0.717) is 24.2 Å². The summed E-state index contributed by atoms with van der Waals surface area (Å²) in [5.74, 6) is 0.932. The van der Waals surface area contributed by atoms with Crippen LogP contribution < -0.4 is 5.32 Å². The van der Waals surface area contributed by atoms with Crippen molar-refractivity contribution in [1.29, 1.82) is 0 Å². The summed E-state index contributed by atoms with van der Waals surface area (Å²) in [5.41, 5.74) is 1.33. The lowest BCUT2D eigenvalue weighted by Crippen LogP contribution is -2.37. The molecule has 0 aromatic rings. The summed E-state index contributed by atoms with van der Waals surface area (Å²) in [6.07, 6.45) is 0. The van der Waals surface area contributed by atoms with Gasteiger partial charge in [0.25, 0.3) is 0 Å². The molecule has 0 spiro atoms. The Morgan fingerprint density at radius 1 is 1.24 bits per heavy atom. The average molecular weight is 324 g/mol. The summed E-state index contributed by atoms with van der Waals surface area (Å²) >= 11 is 3.53. The molecule has 4 atom stereocenters. The number of amidine groups is 2. The number of aliphatic imine (C=N–C) groups is 2. The molecule has 0 unspecified atom stereocenters. The molecule has 5 heterocycles. The van der Waals surface area contributed by atoms with Gasteiger partial charge in [0.2, 0.25) is 0 Å². The van der Waals surface area contributed by atoms with E-state index in [1.165, 1.54) is 5.70 Å². The third-order valence-corrected chi connectivity index (χ3v) is 6.28. The maximum Gasteiger partial charge on any atom is 0.168 e. The van der Waals surface area contributed by atoms with Gasteiger partial charge in [0.15, 0.2) is 10.3 Å². The van der Waals surface area contributed by atoms with E-state index < -0.39 is 0 Å². The molecule has 6 nitrogen and oxygen atoms in total. The zero-order chi connectivity index (χ0) is 13.8. The first-order valence-electron chi connectivity index (χ1n) is 7.24. The molecule has 21 heavy (non-hydrogen) atoms. The Balaban J connectivity index is 1.25. The Labute approximate surface area is 131 Å². The van der Waals surface area contributed by atoms with E-state index in [9.17, 15) is 0 Å². The van der Waals surface area contributed by atoms with Crippen LogP contribution in [0.1, 0.15) is 0 Å². The molecule has 5 aliphatic rings. The molecule has 5 rings (SSSR count). The minimum absolute atomic E-state index is 0.316. The van der Waals surface area contributed by atoms with Crippen LogP contribution >= 0.6 is 23.5 Å². The van der Waals surface area contributed by atoms with Gasteiger partial charge in [-0.05, 0) is 5.41 Å². The van der Waals surface area contributed by atoms with E-state index in [1.54, 1.807) is 23.5 Å². The van der Waals surface area contributed by atoms with E-state index >= 15 is 0 Å². The van der Waals surface area contributed by atoms with E-state index in [0.717, 1.165) is 42.5 Å². The Bertz CT molecular complexity index is 564. The molecule has 5 aliphatic heterocycles. The van der Waals surface area contributed by atoms with Crippen LogP contribution in [-0.2, 0) is 9.47 Å². The molecule has 0 bridgehead atoms. The van der Waals surface area contributed by atoms with Crippen LogP contribution in [0.2, 0.25) is 0 Å². The maximum absolute atomic E-state index is 5.55. The highest BCUT2D eigenvalue weighted by atomic mass is 32.2. The third kappa shape index (κ3) is 2.03. The van der Waals surface area contributed by atoms with Crippen molar-refractivity contribution in [3.63, 3.8) is 0 Å². The van der Waals surface area contributed by atoms with E-state index in [1.807, 2.05) is 0 Å². The highest BCUT2D eigenvalue weighted by molar-refractivity contribution is 8.17. The van der Waals surface area contributed by atoms with Crippen molar-refractivity contribution in [3.05, 3.63) is 11.1 Å². The van der Waals surface area contributed by atoms with Crippen molar-refractivity contribution >= 4 is 33.9 Å². The van der Waals surface area contributed by atoms with Gasteiger partial charge in [0, 0.05) is 11.4 Å². The van der Waals surface area contributed by atoms with E-state index in [2.05, 4.69) is 15.6 Å². The first-order chi connectivity index (χ1) is 10.4. The number of nitrogens with zero attached hydrogens (tertiary/aromatic N) is 3. The number of hydrogen-bond acceptors (Lipinski definition) is 8. The van der Waals surface area contributed by atoms with Crippen LogP contribution in [0.15, 0.2) is 21.1 Å². The largest absolute Gasteiger partial charge is 0.377 e. The summed E-state index contributed by atoms with van der Waals surface area (Å²) in [6.45, 7) is 3.09. The minimum Gasteiger partial charge on any atom is -0.377 e. The maximum atomic E-state index is 5.55. The lowest BCUT2D eigenvalue weighted by Gasteiger charge is -2.23. The Hall–Kier alpha value is -0.700. The van der Waals surface area contributed by atoms with Gasteiger partial charge < -0.3 is 19.7 Å². The van der Waals surface area contributed by atoms with Gasteiger partial charge in [-0.15, -0.1) is 0 Å². The van der Waals surface area contributed by atoms with Crippen molar-refractivity contribution in [3.8, 4) is 0 Å². The molecular weight excluding hydrogens is 308 g/mol. The Morgan fingerprint density at radius 3 is 3.10 bits per heavy atom. The lowest BCUT2D eigenvalue weighted by molar-refractivity contribution is 0.178. The normalized spacial score (nSPS) is 39.6. The highest BCUT2D eigenvalue weighted by Crippen LogP contribution is 2.38. The van der Waals surface area contributed by atoms with Crippen LogP contribution in [0.4, 0.5) is 0 Å². The van der Waals surface area contributed by atoms with Crippen LogP contribution in [-0.4, -0.2) is 71.6 Å². The van der Waals surface area contributed by atoms with E-state index in [-0.39, 0.29) is 0 Å². The van der Waals surface area contributed by atoms with Crippen molar-refractivity contribution in [1.82, 2.24) is 10.2 Å². The van der Waals surface area contributed by atoms with E-state index in [4.69, 9.17) is 19.5 Å². The first-order valence-corrected chi connectivity index (χ1v) is 9.10. The zero-order valence-electron chi connectivity index (χ0n) is 11.4. The zero-order valence-corrected chi connectivity index (χ0v) is 13.0. The fourth-order valence-electron chi connectivity index (χ4n) is 3.33. The minimum atomic E-state index is 0.316. The second-order valence-corrected chi connectivity index (χ2v) is 7.56. The molecule has 0 saturated carbocycles. The van der Waals surface area contributed by atoms with Gasteiger partial charge in [0.1, 0.15) is 0 Å². The summed E-state index contributed by atoms with van der Waals surface area (Å²) in [7, 11) is 0. The number of rotatable bonds is 2. The quantitative estimate of drug-likeness (QED) is 0.797. The van der Waals surface area contributed by atoms with Gasteiger partial charge >= 0.3 is 0 Å². The van der Waals surface area contributed by atoms with Crippen LogP contribution in [0.3, 0.4) is 0 Å². The van der Waals surface area contributed by atoms with Gasteiger partial charge in [-0.3, -0.25) is 9.98 Å². The van der Waals surface area contributed by atoms with Crippen molar-refractivity contribution in [2.75, 3.05) is 32.2 Å². The number of nitrogens with one attached hydrogen (secondary N) is 1. The summed E-state index contributed by atoms with van der Waals surface area (Å²) in [5, 5.41) is 7.89. The first kappa shape index (κ1) is 12.8. The molecule has 0 aromatic heterocycles. The molecule has 2 saturated heterocycles. The summed E-state index contributed by atoms with van der Waals surface area (Å²) < 4.78 is 11.0. The van der Waals surface area contributed by atoms with Gasteiger partial charge in [-0.25, -0.2) is 0 Å². The van der Waals surface area contributed by atoms with Gasteiger partial charge in [0.05, 0.1) is 50.6 Å². The molecule has 0 aromatic carbocycles. The number of thioether (sulfide) groups is 2. The van der Waals surface area contributed by atoms with Crippen LogP contribution in [0.5, 0.6) is 0 Å². The van der Waals surface area contributed by atoms with Crippen molar-refractivity contribution in [2.24, 2.45) is 9.98 Å². The fraction of sp³-hybridized carbons (Fsp3) is 0.692.